The second-order valence-corrected chi connectivity index (χ2v) is 5.85. The van der Waals surface area contributed by atoms with Crippen LogP contribution in [0.5, 0.6) is 5.75 Å². The fourth-order valence-corrected chi connectivity index (χ4v) is 2.36. The molecule has 0 saturated carbocycles. The van der Waals surface area contributed by atoms with Crippen molar-refractivity contribution in [1.82, 2.24) is 0 Å². The highest BCUT2D eigenvalue weighted by Gasteiger charge is 2.22. The maximum atomic E-state index is 13.7. The zero-order valence-electron chi connectivity index (χ0n) is 15.7. The molecule has 0 bridgehead atoms. The molecule has 0 spiro atoms. The molecule has 0 heterocycles. The van der Waals surface area contributed by atoms with E-state index in [0.29, 0.717) is 11.4 Å². The second-order valence-electron chi connectivity index (χ2n) is 5.85. The molecule has 0 aliphatic rings. The molecule has 0 radical (unpaired) electrons. The topological polar surface area (TPSA) is 117 Å². The van der Waals surface area contributed by atoms with Gasteiger partial charge in [-0.05, 0) is 43.3 Å². The van der Waals surface area contributed by atoms with Crippen LogP contribution in [0.1, 0.15) is 17.3 Å². The molecule has 4 N–H and O–H groups in total. The van der Waals surface area contributed by atoms with Crippen molar-refractivity contribution in [2.45, 2.75) is 6.92 Å². The standard InChI is InChI=1S/C20H19F2N3O4/c1-11(23)17(19(24)25-12-6-8-13(28-2)9-7-12)20(27)29-10-16(26)18-14(21)4-3-5-15(18)22/h3-9H,10,23H2,1-2H3,(H2,24,25). The zero-order valence-corrected chi connectivity index (χ0v) is 15.7. The van der Waals surface area contributed by atoms with Gasteiger partial charge in [0, 0.05) is 5.70 Å². The summed E-state index contributed by atoms with van der Waals surface area (Å²) in [5.41, 5.74) is 10.9. The molecule has 0 saturated heterocycles. The Kier molecular flexibility index (Phi) is 7.02. The van der Waals surface area contributed by atoms with Crippen LogP contribution in [-0.4, -0.2) is 31.3 Å². The van der Waals surface area contributed by atoms with Crippen LogP contribution in [0.25, 0.3) is 0 Å². The van der Waals surface area contributed by atoms with E-state index in [1.165, 1.54) is 14.0 Å². The number of nitrogens with two attached hydrogens (primary N) is 2. The third-order valence-corrected chi connectivity index (χ3v) is 3.75. The Morgan fingerprint density at radius 2 is 1.62 bits per heavy atom. The minimum absolute atomic E-state index is 0.00529. The maximum Gasteiger partial charge on any atom is 0.344 e. The Hall–Kier alpha value is -3.75. The Bertz CT molecular complexity index is 961. The molecule has 0 amide bonds. The zero-order chi connectivity index (χ0) is 21.6. The third kappa shape index (κ3) is 5.38. The van der Waals surface area contributed by atoms with Crippen molar-refractivity contribution in [1.29, 1.82) is 0 Å². The first-order valence-corrected chi connectivity index (χ1v) is 8.33. The molecule has 0 aliphatic heterocycles. The van der Waals surface area contributed by atoms with Crippen LogP contribution < -0.4 is 16.2 Å². The number of esters is 1. The summed E-state index contributed by atoms with van der Waals surface area (Å²) in [6, 6.07) is 9.45. The van der Waals surface area contributed by atoms with Crippen LogP contribution in [0.15, 0.2) is 58.7 Å². The van der Waals surface area contributed by atoms with Crippen molar-refractivity contribution < 1.29 is 27.8 Å². The first kappa shape index (κ1) is 21.5. The van der Waals surface area contributed by atoms with Gasteiger partial charge in [0.05, 0.1) is 18.4 Å². The number of aliphatic imine (C=N–C) groups is 1. The molecular formula is C20H19F2N3O4. The smallest absolute Gasteiger partial charge is 0.344 e. The molecule has 9 heteroatoms. The number of hydrogen-bond acceptors (Lipinski definition) is 6. The predicted octanol–water partition coefficient (Wildman–Crippen LogP) is 2.62. The number of carbonyl (C=O) groups is 2. The normalized spacial score (nSPS) is 12.2. The lowest BCUT2D eigenvalue weighted by Crippen LogP contribution is -2.27. The highest BCUT2D eigenvalue weighted by Crippen LogP contribution is 2.19. The van der Waals surface area contributed by atoms with E-state index in [9.17, 15) is 18.4 Å². The van der Waals surface area contributed by atoms with Gasteiger partial charge in [-0.1, -0.05) is 6.07 Å². The van der Waals surface area contributed by atoms with Crippen LogP contribution in [0.3, 0.4) is 0 Å². The molecular weight excluding hydrogens is 384 g/mol. The number of ether oxygens (including phenoxy) is 2. The van der Waals surface area contributed by atoms with Crippen LogP contribution in [0.2, 0.25) is 0 Å². The molecule has 29 heavy (non-hydrogen) atoms. The van der Waals surface area contributed by atoms with E-state index in [2.05, 4.69) is 4.99 Å². The lowest BCUT2D eigenvalue weighted by atomic mass is 10.1. The summed E-state index contributed by atoms with van der Waals surface area (Å²) in [4.78, 5) is 28.5. The molecule has 0 atom stereocenters. The van der Waals surface area contributed by atoms with Gasteiger partial charge in [0.15, 0.2) is 6.61 Å². The largest absolute Gasteiger partial charge is 0.497 e. The molecule has 0 unspecified atom stereocenters. The van der Waals surface area contributed by atoms with Crippen molar-refractivity contribution in [2.24, 2.45) is 16.5 Å². The monoisotopic (exact) mass is 403 g/mol. The number of hydrogen-bond donors (Lipinski definition) is 2. The van der Waals surface area contributed by atoms with Crippen LogP contribution in [-0.2, 0) is 9.53 Å². The summed E-state index contributed by atoms with van der Waals surface area (Å²) in [5.74, 6) is -3.86. The molecule has 2 aromatic carbocycles. The van der Waals surface area contributed by atoms with E-state index in [1.54, 1.807) is 24.3 Å². The first-order chi connectivity index (χ1) is 13.7. The molecule has 0 aromatic heterocycles. The molecule has 2 aromatic rings. The van der Waals surface area contributed by atoms with Gasteiger partial charge in [-0.15, -0.1) is 0 Å². The van der Waals surface area contributed by atoms with Gasteiger partial charge in [-0.2, -0.15) is 0 Å². The van der Waals surface area contributed by atoms with Gasteiger partial charge >= 0.3 is 5.97 Å². The van der Waals surface area contributed by atoms with Crippen molar-refractivity contribution in [3.8, 4) is 5.75 Å². The first-order valence-electron chi connectivity index (χ1n) is 8.33. The Balaban J connectivity index is 2.16. The summed E-state index contributed by atoms with van der Waals surface area (Å²) in [5, 5.41) is 0. The van der Waals surface area contributed by atoms with Gasteiger partial charge < -0.3 is 20.9 Å². The van der Waals surface area contributed by atoms with Crippen LogP contribution >= 0.6 is 0 Å². The van der Waals surface area contributed by atoms with Gasteiger partial charge in [0.25, 0.3) is 0 Å². The number of Topliss-reactive ketones (excluding diaryl/α,β-unsaturated/α-hetero) is 1. The SMILES string of the molecule is COc1ccc(N=C(N)C(C(=O)OCC(=O)c2c(F)cccc2F)=C(C)N)cc1. The summed E-state index contributed by atoms with van der Waals surface area (Å²) < 4.78 is 37.2. The molecule has 152 valence electrons. The van der Waals surface area contributed by atoms with Crippen molar-refractivity contribution >= 4 is 23.3 Å². The molecule has 0 fully saturated rings. The minimum atomic E-state index is -1.06. The van der Waals surface area contributed by atoms with E-state index >= 15 is 0 Å². The quantitative estimate of drug-likeness (QED) is 0.241. The lowest BCUT2D eigenvalue weighted by molar-refractivity contribution is -0.137. The van der Waals surface area contributed by atoms with E-state index in [4.69, 9.17) is 20.9 Å². The van der Waals surface area contributed by atoms with E-state index in [-0.39, 0.29) is 17.1 Å². The maximum absolute atomic E-state index is 13.7. The Morgan fingerprint density at radius 3 is 2.14 bits per heavy atom. The number of amidine groups is 1. The van der Waals surface area contributed by atoms with E-state index in [0.717, 1.165) is 18.2 Å². The number of allylic oxidation sites excluding steroid dienone is 1. The van der Waals surface area contributed by atoms with Crippen molar-refractivity contribution in [3.63, 3.8) is 0 Å². The van der Waals surface area contributed by atoms with E-state index in [1.807, 2.05) is 0 Å². The number of halogens is 2. The average Bonchev–Trinajstić information content (AvgIpc) is 2.66. The van der Waals surface area contributed by atoms with E-state index < -0.39 is 35.6 Å². The molecule has 2 rings (SSSR count). The Morgan fingerprint density at radius 1 is 1.03 bits per heavy atom. The van der Waals surface area contributed by atoms with Crippen molar-refractivity contribution in [2.75, 3.05) is 13.7 Å². The lowest BCUT2D eigenvalue weighted by Gasteiger charge is -2.10. The fourth-order valence-electron chi connectivity index (χ4n) is 2.36. The molecule has 0 aliphatic carbocycles. The number of nitrogens with zero attached hydrogens (tertiary/aromatic N) is 1. The number of carbonyl (C=O) groups excluding carboxylic acids is 2. The second kappa shape index (κ2) is 9.45. The number of methoxy groups -OCH3 is 1. The van der Waals surface area contributed by atoms with Crippen LogP contribution in [0.4, 0.5) is 14.5 Å². The Labute approximate surface area is 165 Å². The number of benzene rings is 2. The summed E-state index contributed by atoms with van der Waals surface area (Å²) in [7, 11) is 1.51. The summed E-state index contributed by atoms with van der Waals surface area (Å²) >= 11 is 0. The highest BCUT2D eigenvalue weighted by atomic mass is 19.1. The van der Waals surface area contributed by atoms with Gasteiger partial charge in [-0.25, -0.2) is 18.6 Å². The fraction of sp³-hybridized carbons (Fsp3) is 0.150. The summed E-state index contributed by atoms with van der Waals surface area (Å²) in [6.45, 7) is 0.495. The third-order valence-electron chi connectivity index (χ3n) is 3.75. The molecule has 7 nitrogen and oxygen atoms in total. The van der Waals surface area contributed by atoms with Crippen LogP contribution in [0, 0.1) is 11.6 Å². The average molecular weight is 403 g/mol. The van der Waals surface area contributed by atoms with Gasteiger partial charge in [0.1, 0.15) is 28.8 Å². The summed E-state index contributed by atoms with van der Waals surface area (Å²) in [6.07, 6.45) is 0. The predicted molar refractivity (Wildman–Crippen MR) is 103 cm³/mol. The number of rotatable bonds is 7. The van der Waals surface area contributed by atoms with Gasteiger partial charge in [0.2, 0.25) is 5.78 Å². The van der Waals surface area contributed by atoms with Gasteiger partial charge in [-0.3, -0.25) is 4.79 Å². The highest BCUT2D eigenvalue weighted by molar-refractivity contribution is 6.19. The minimum Gasteiger partial charge on any atom is -0.497 e. The van der Waals surface area contributed by atoms with Crippen molar-refractivity contribution in [3.05, 3.63) is 70.9 Å². The number of ketones is 1.